The van der Waals surface area contributed by atoms with Crippen molar-refractivity contribution >= 4 is 12.2 Å². The first-order valence-corrected chi connectivity index (χ1v) is 6.06. The summed E-state index contributed by atoms with van der Waals surface area (Å²) >= 11 is 0. The Balaban J connectivity index is 2.26. The van der Waals surface area contributed by atoms with E-state index in [2.05, 4.69) is 10.3 Å². The molecule has 0 saturated heterocycles. The number of hydrogen-bond donors (Lipinski definition) is 1. The van der Waals surface area contributed by atoms with Crippen LogP contribution in [0.15, 0.2) is 36.5 Å². The minimum Gasteiger partial charge on any atom is -0.457 e. The fourth-order valence-corrected chi connectivity index (χ4v) is 1.71. The first-order valence-electron chi connectivity index (χ1n) is 6.06. The van der Waals surface area contributed by atoms with Crippen molar-refractivity contribution < 1.29 is 14.3 Å². The van der Waals surface area contributed by atoms with Crippen LogP contribution in [-0.2, 0) is 0 Å². The fraction of sp³-hybridized carbons (Fsp3) is 0.133. The fourth-order valence-electron chi connectivity index (χ4n) is 1.71. The van der Waals surface area contributed by atoms with Gasteiger partial charge in [0.25, 0.3) is 5.91 Å². The van der Waals surface area contributed by atoms with E-state index in [1.54, 1.807) is 37.4 Å². The summed E-state index contributed by atoms with van der Waals surface area (Å²) in [5.41, 5.74) is 1.72. The molecule has 0 unspecified atom stereocenters. The highest BCUT2D eigenvalue weighted by Gasteiger charge is 2.08. The van der Waals surface area contributed by atoms with Crippen molar-refractivity contribution in [2.75, 3.05) is 7.05 Å². The number of amides is 1. The van der Waals surface area contributed by atoms with Crippen LogP contribution in [0.2, 0.25) is 0 Å². The van der Waals surface area contributed by atoms with Gasteiger partial charge in [-0.1, -0.05) is 0 Å². The molecule has 0 radical (unpaired) electrons. The molecule has 1 N–H and O–H groups in total. The SMILES string of the molecule is CNC(=O)c1cc(Oc2ccc(C=O)cc2C)ccn1. The van der Waals surface area contributed by atoms with Gasteiger partial charge in [0.15, 0.2) is 0 Å². The molecule has 2 aromatic rings. The van der Waals surface area contributed by atoms with E-state index in [0.717, 1.165) is 11.8 Å². The second kappa shape index (κ2) is 5.97. The van der Waals surface area contributed by atoms with Gasteiger partial charge >= 0.3 is 0 Å². The van der Waals surface area contributed by atoms with Crippen LogP contribution in [0, 0.1) is 6.92 Å². The third kappa shape index (κ3) is 3.00. The van der Waals surface area contributed by atoms with E-state index >= 15 is 0 Å². The maximum absolute atomic E-state index is 11.5. The Kier molecular flexibility index (Phi) is 4.10. The van der Waals surface area contributed by atoms with Crippen molar-refractivity contribution in [3.63, 3.8) is 0 Å². The van der Waals surface area contributed by atoms with E-state index in [1.807, 2.05) is 6.92 Å². The summed E-state index contributed by atoms with van der Waals surface area (Å²) in [5.74, 6) is 0.869. The molecule has 0 bridgehead atoms. The molecule has 1 aromatic carbocycles. The van der Waals surface area contributed by atoms with Gasteiger partial charge in [-0.25, -0.2) is 0 Å². The number of ether oxygens (including phenoxy) is 1. The Labute approximate surface area is 116 Å². The quantitative estimate of drug-likeness (QED) is 0.866. The van der Waals surface area contributed by atoms with Crippen molar-refractivity contribution in [2.24, 2.45) is 0 Å². The van der Waals surface area contributed by atoms with Crippen molar-refractivity contribution in [2.45, 2.75) is 6.92 Å². The molecule has 0 aliphatic rings. The second-order valence-corrected chi connectivity index (χ2v) is 4.20. The first-order chi connectivity index (χ1) is 9.63. The molecule has 0 spiro atoms. The highest BCUT2D eigenvalue weighted by molar-refractivity contribution is 5.92. The summed E-state index contributed by atoms with van der Waals surface area (Å²) in [6, 6.07) is 8.36. The van der Waals surface area contributed by atoms with Gasteiger partial charge in [0.1, 0.15) is 23.5 Å². The maximum Gasteiger partial charge on any atom is 0.269 e. The minimum absolute atomic E-state index is 0.275. The van der Waals surface area contributed by atoms with Crippen LogP contribution in [0.3, 0.4) is 0 Å². The molecule has 0 aliphatic carbocycles. The molecule has 1 aromatic heterocycles. The summed E-state index contributed by atoms with van der Waals surface area (Å²) in [5, 5.41) is 2.50. The number of carbonyl (C=O) groups excluding carboxylic acids is 2. The van der Waals surface area contributed by atoms with Gasteiger partial charge in [-0.05, 0) is 36.8 Å². The Morgan fingerprint density at radius 3 is 2.75 bits per heavy atom. The molecule has 0 atom stereocenters. The Morgan fingerprint density at radius 1 is 1.30 bits per heavy atom. The molecule has 102 valence electrons. The van der Waals surface area contributed by atoms with Crippen LogP contribution in [0.4, 0.5) is 0 Å². The number of nitrogens with zero attached hydrogens (tertiary/aromatic N) is 1. The smallest absolute Gasteiger partial charge is 0.269 e. The van der Waals surface area contributed by atoms with Crippen LogP contribution in [0.1, 0.15) is 26.4 Å². The summed E-state index contributed by atoms with van der Waals surface area (Å²) in [6.45, 7) is 1.85. The first kappa shape index (κ1) is 13.7. The summed E-state index contributed by atoms with van der Waals surface area (Å²) < 4.78 is 5.71. The number of rotatable bonds is 4. The number of carbonyl (C=O) groups is 2. The van der Waals surface area contributed by atoms with E-state index in [-0.39, 0.29) is 11.6 Å². The third-order valence-corrected chi connectivity index (χ3v) is 2.75. The van der Waals surface area contributed by atoms with Crippen LogP contribution in [0.25, 0.3) is 0 Å². The van der Waals surface area contributed by atoms with Gasteiger partial charge in [0, 0.05) is 24.9 Å². The van der Waals surface area contributed by atoms with Crippen molar-refractivity contribution in [3.8, 4) is 11.5 Å². The summed E-state index contributed by atoms with van der Waals surface area (Å²) in [4.78, 5) is 26.2. The van der Waals surface area contributed by atoms with Gasteiger partial charge in [-0.3, -0.25) is 14.6 Å². The molecular formula is C15H14N2O3. The lowest BCUT2D eigenvalue weighted by Gasteiger charge is -2.09. The number of nitrogens with one attached hydrogen (secondary N) is 1. The lowest BCUT2D eigenvalue weighted by Crippen LogP contribution is -2.18. The average Bonchev–Trinajstić information content (AvgIpc) is 2.48. The largest absolute Gasteiger partial charge is 0.457 e. The van der Waals surface area contributed by atoms with Crippen molar-refractivity contribution in [1.82, 2.24) is 10.3 Å². The molecule has 5 nitrogen and oxygen atoms in total. The molecule has 20 heavy (non-hydrogen) atoms. The van der Waals surface area contributed by atoms with Crippen LogP contribution < -0.4 is 10.1 Å². The second-order valence-electron chi connectivity index (χ2n) is 4.20. The zero-order chi connectivity index (χ0) is 14.5. The monoisotopic (exact) mass is 270 g/mol. The van der Waals surface area contributed by atoms with Gasteiger partial charge in [0.05, 0.1) is 0 Å². The van der Waals surface area contributed by atoms with Crippen LogP contribution in [-0.4, -0.2) is 24.2 Å². The Hall–Kier alpha value is -2.69. The number of aryl methyl sites for hydroxylation is 1. The lowest BCUT2D eigenvalue weighted by molar-refractivity contribution is 0.0957. The van der Waals surface area contributed by atoms with Crippen LogP contribution in [0.5, 0.6) is 11.5 Å². The highest BCUT2D eigenvalue weighted by Crippen LogP contribution is 2.25. The predicted octanol–water partition coefficient (Wildman–Crippen LogP) is 2.35. The Bertz CT molecular complexity index is 653. The van der Waals surface area contributed by atoms with Gasteiger partial charge in [-0.15, -0.1) is 0 Å². The number of pyridine rings is 1. The standard InChI is InChI=1S/C15H14N2O3/c1-10-7-11(9-18)3-4-14(10)20-12-5-6-17-13(8-12)15(19)16-2/h3-9H,1-2H3,(H,16,19). The summed E-state index contributed by atoms with van der Waals surface area (Å²) in [6.07, 6.45) is 2.29. The topological polar surface area (TPSA) is 68.3 Å². The Morgan fingerprint density at radius 2 is 2.10 bits per heavy atom. The number of aromatic nitrogens is 1. The van der Waals surface area contributed by atoms with Gasteiger partial charge in [0.2, 0.25) is 0 Å². The van der Waals surface area contributed by atoms with E-state index in [4.69, 9.17) is 4.74 Å². The molecule has 0 saturated carbocycles. The third-order valence-electron chi connectivity index (χ3n) is 2.75. The van der Waals surface area contributed by atoms with Gasteiger partial charge in [-0.2, -0.15) is 0 Å². The van der Waals surface area contributed by atoms with Crippen molar-refractivity contribution in [1.29, 1.82) is 0 Å². The summed E-state index contributed by atoms with van der Waals surface area (Å²) in [7, 11) is 1.54. The van der Waals surface area contributed by atoms with Crippen LogP contribution >= 0.6 is 0 Å². The molecule has 1 heterocycles. The molecule has 5 heteroatoms. The lowest BCUT2D eigenvalue weighted by atomic mass is 10.1. The number of hydrogen-bond acceptors (Lipinski definition) is 4. The normalized spacial score (nSPS) is 9.90. The zero-order valence-corrected chi connectivity index (χ0v) is 11.2. The molecule has 2 rings (SSSR count). The highest BCUT2D eigenvalue weighted by atomic mass is 16.5. The minimum atomic E-state index is -0.275. The predicted molar refractivity (Wildman–Crippen MR) is 74.3 cm³/mol. The van der Waals surface area contributed by atoms with E-state index in [1.165, 1.54) is 6.20 Å². The zero-order valence-electron chi connectivity index (χ0n) is 11.2. The van der Waals surface area contributed by atoms with Gasteiger partial charge < -0.3 is 10.1 Å². The van der Waals surface area contributed by atoms with E-state index in [9.17, 15) is 9.59 Å². The average molecular weight is 270 g/mol. The molecule has 0 aliphatic heterocycles. The van der Waals surface area contributed by atoms with E-state index in [0.29, 0.717) is 17.1 Å². The molecular weight excluding hydrogens is 256 g/mol. The number of benzene rings is 1. The maximum atomic E-state index is 11.5. The van der Waals surface area contributed by atoms with E-state index < -0.39 is 0 Å². The van der Waals surface area contributed by atoms with Crippen molar-refractivity contribution in [3.05, 3.63) is 53.3 Å². The molecule has 1 amide bonds. The molecule has 0 fully saturated rings. The number of aldehydes is 1.